The van der Waals surface area contributed by atoms with Crippen molar-refractivity contribution in [2.45, 2.75) is 38.3 Å². The number of anilines is 1. The molecule has 2 amide bonds. The third kappa shape index (κ3) is 6.48. The molecule has 7 nitrogen and oxygen atoms in total. The maximum Gasteiger partial charge on any atom is 0.264 e. The molecule has 3 aromatic carbocycles. The van der Waals surface area contributed by atoms with E-state index in [1.165, 1.54) is 17.0 Å². The van der Waals surface area contributed by atoms with Crippen LogP contribution in [-0.4, -0.2) is 44.3 Å². The predicted octanol–water partition coefficient (Wildman–Crippen LogP) is 3.74. The quantitative estimate of drug-likeness (QED) is 0.466. The number of sulfonamides is 1. The van der Waals surface area contributed by atoms with Gasteiger partial charge in [-0.25, -0.2) is 8.42 Å². The predicted molar refractivity (Wildman–Crippen MR) is 137 cm³/mol. The van der Waals surface area contributed by atoms with Crippen LogP contribution in [0.15, 0.2) is 89.8 Å². The van der Waals surface area contributed by atoms with E-state index in [1.807, 2.05) is 43.3 Å². The number of hydrogen-bond acceptors (Lipinski definition) is 4. The molecule has 184 valence electrons. The first kappa shape index (κ1) is 26.0. The van der Waals surface area contributed by atoms with E-state index < -0.39 is 28.5 Å². The normalized spacial score (nSPS) is 12.0. The molecular formula is C27H31N3O4S. The number of aryl methyl sites for hydroxylation is 1. The van der Waals surface area contributed by atoms with E-state index in [0.29, 0.717) is 12.2 Å². The molecule has 0 heterocycles. The summed E-state index contributed by atoms with van der Waals surface area (Å²) in [7, 11) is -4.04. The van der Waals surface area contributed by atoms with Crippen LogP contribution in [0.25, 0.3) is 0 Å². The Kier molecular flexibility index (Phi) is 8.65. The van der Waals surface area contributed by atoms with Crippen LogP contribution in [0.2, 0.25) is 0 Å². The number of rotatable bonds is 10. The van der Waals surface area contributed by atoms with Gasteiger partial charge in [-0.05, 0) is 56.2 Å². The number of amides is 2. The number of benzene rings is 3. The topological polar surface area (TPSA) is 86.8 Å². The van der Waals surface area contributed by atoms with Gasteiger partial charge in [-0.2, -0.15) is 0 Å². The van der Waals surface area contributed by atoms with Gasteiger partial charge in [0, 0.05) is 13.1 Å². The smallest absolute Gasteiger partial charge is 0.264 e. The Morgan fingerprint density at radius 1 is 0.914 bits per heavy atom. The number of nitrogens with zero attached hydrogens (tertiary/aromatic N) is 2. The van der Waals surface area contributed by atoms with Gasteiger partial charge >= 0.3 is 0 Å². The zero-order valence-corrected chi connectivity index (χ0v) is 21.0. The Morgan fingerprint density at radius 2 is 1.54 bits per heavy atom. The maximum absolute atomic E-state index is 13.7. The molecule has 0 aliphatic heterocycles. The minimum Gasteiger partial charge on any atom is -0.355 e. The molecule has 1 unspecified atom stereocenters. The standard InChI is InChI=1S/C27H31N3O4S/c1-4-28-27(32)22(3)29(19-23-13-7-5-8-14-23)26(31)20-30(24-15-11-12-21(2)18-24)35(33,34)25-16-9-6-10-17-25/h5-18,22H,4,19-20H2,1-3H3,(H,28,32). The lowest BCUT2D eigenvalue weighted by atomic mass is 10.1. The molecule has 0 aliphatic carbocycles. The first-order valence-corrected chi connectivity index (χ1v) is 12.9. The molecular weight excluding hydrogens is 462 g/mol. The molecule has 1 atom stereocenters. The molecule has 0 saturated heterocycles. The lowest BCUT2D eigenvalue weighted by Gasteiger charge is -2.32. The highest BCUT2D eigenvalue weighted by Gasteiger charge is 2.32. The first-order valence-electron chi connectivity index (χ1n) is 11.5. The second kappa shape index (κ2) is 11.7. The summed E-state index contributed by atoms with van der Waals surface area (Å²) in [5.74, 6) is -0.779. The van der Waals surface area contributed by atoms with Gasteiger partial charge in [-0.3, -0.25) is 13.9 Å². The molecule has 35 heavy (non-hydrogen) atoms. The molecule has 3 aromatic rings. The molecule has 1 N–H and O–H groups in total. The van der Waals surface area contributed by atoms with Crippen LogP contribution in [0.3, 0.4) is 0 Å². The van der Waals surface area contributed by atoms with Crippen molar-refractivity contribution < 1.29 is 18.0 Å². The summed E-state index contributed by atoms with van der Waals surface area (Å²) in [5, 5.41) is 2.75. The monoisotopic (exact) mass is 493 g/mol. The second-order valence-corrected chi connectivity index (χ2v) is 10.1. The van der Waals surface area contributed by atoms with Crippen molar-refractivity contribution in [3.63, 3.8) is 0 Å². The third-order valence-corrected chi connectivity index (χ3v) is 7.40. The summed E-state index contributed by atoms with van der Waals surface area (Å²) in [5.41, 5.74) is 2.08. The van der Waals surface area contributed by atoms with Crippen molar-refractivity contribution in [2.75, 3.05) is 17.4 Å². The number of nitrogens with one attached hydrogen (secondary N) is 1. The van der Waals surface area contributed by atoms with E-state index in [0.717, 1.165) is 15.4 Å². The molecule has 0 aliphatic rings. The molecule has 0 spiro atoms. The number of hydrogen-bond donors (Lipinski definition) is 1. The SMILES string of the molecule is CCNC(=O)C(C)N(Cc1ccccc1)C(=O)CN(c1cccc(C)c1)S(=O)(=O)c1ccccc1. The minimum absolute atomic E-state index is 0.0840. The Labute approximate surface area is 207 Å². The van der Waals surface area contributed by atoms with Crippen LogP contribution in [0, 0.1) is 6.92 Å². The van der Waals surface area contributed by atoms with Gasteiger partial charge in [0.1, 0.15) is 12.6 Å². The van der Waals surface area contributed by atoms with Crippen molar-refractivity contribution in [3.05, 3.63) is 96.1 Å². The zero-order chi connectivity index (χ0) is 25.4. The van der Waals surface area contributed by atoms with E-state index in [4.69, 9.17) is 0 Å². The van der Waals surface area contributed by atoms with E-state index >= 15 is 0 Å². The molecule has 0 radical (unpaired) electrons. The Hall–Kier alpha value is -3.65. The van der Waals surface area contributed by atoms with E-state index in [9.17, 15) is 18.0 Å². The fourth-order valence-corrected chi connectivity index (χ4v) is 5.14. The second-order valence-electron chi connectivity index (χ2n) is 8.24. The van der Waals surface area contributed by atoms with Gasteiger partial charge in [-0.1, -0.05) is 60.7 Å². The molecule has 0 bridgehead atoms. The first-order chi connectivity index (χ1) is 16.7. The van der Waals surface area contributed by atoms with Gasteiger partial charge in [0.2, 0.25) is 11.8 Å². The van der Waals surface area contributed by atoms with Crippen LogP contribution in [0.1, 0.15) is 25.0 Å². The molecule has 3 rings (SSSR count). The summed E-state index contributed by atoms with van der Waals surface area (Å²) < 4.78 is 28.4. The van der Waals surface area contributed by atoms with Gasteiger partial charge in [0.25, 0.3) is 10.0 Å². The lowest BCUT2D eigenvalue weighted by molar-refractivity contribution is -0.139. The number of carbonyl (C=O) groups is 2. The summed E-state index contributed by atoms with van der Waals surface area (Å²) in [4.78, 5) is 27.8. The highest BCUT2D eigenvalue weighted by atomic mass is 32.2. The Morgan fingerprint density at radius 3 is 2.14 bits per heavy atom. The van der Waals surface area contributed by atoms with Gasteiger partial charge in [0.15, 0.2) is 0 Å². The number of likely N-dealkylation sites (N-methyl/N-ethyl adjacent to an activating group) is 1. The highest BCUT2D eigenvalue weighted by molar-refractivity contribution is 7.92. The lowest BCUT2D eigenvalue weighted by Crippen LogP contribution is -2.51. The summed E-state index contributed by atoms with van der Waals surface area (Å²) >= 11 is 0. The summed E-state index contributed by atoms with van der Waals surface area (Å²) in [6.07, 6.45) is 0. The van der Waals surface area contributed by atoms with Crippen LogP contribution < -0.4 is 9.62 Å². The highest BCUT2D eigenvalue weighted by Crippen LogP contribution is 2.25. The van der Waals surface area contributed by atoms with Crippen LogP contribution in [0.4, 0.5) is 5.69 Å². The van der Waals surface area contributed by atoms with Gasteiger partial charge < -0.3 is 10.2 Å². The van der Waals surface area contributed by atoms with E-state index in [2.05, 4.69) is 5.32 Å². The molecule has 0 saturated carbocycles. The van der Waals surface area contributed by atoms with Crippen molar-refractivity contribution in [1.82, 2.24) is 10.2 Å². The van der Waals surface area contributed by atoms with Crippen LogP contribution >= 0.6 is 0 Å². The van der Waals surface area contributed by atoms with Crippen molar-refractivity contribution in [1.29, 1.82) is 0 Å². The average molecular weight is 494 g/mol. The Balaban J connectivity index is 2.01. The van der Waals surface area contributed by atoms with Crippen molar-refractivity contribution in [3.8, 4) is 0 Å². The summed E-state index contributed by atoms with van der Waals surface area (Å²) in [6.45, 7) is 5.46. The molecule has 8 heteroatoms. The van der Waals surface area contributed by atoms with Gasteiger partial charge in [0.05, 0.1) is 10.6 Å². The van der Waals surface area contributed by atoms with Crippen molar-refractivity contribution in [2.24, 2.45) is 0 Å². The largest absolute Gasteiger partial charge is 0.355 e. The fraction of sp³-hybridized carbons (Fsp3) is 0.259. The van der Waals surface area contributed by atoms with E-state index in [-0.39, 0.29) is 17.3 Å². The average Bonchev–Trinajstić information content (AvgIpc) is 2.86. The molecule has 0 fully saturated rings. The minimum atomic E-state index is -4.04. The number of carbonyl (C=O) groups excluding carboxylic acids is 2. The van der Waals surface area contributed by atoms with E-state index in [1.54, 1.807) is 50.2 Å². The fourth-order valence-electron chi connectivity index (χ4n) is 3.72. The third-order valence-electron chi connectivity index (χ3n) is 5.61. The Bertz CT molecular complexity index is 1250. The van der Waals surface area contributed by atoms with Gasteiger partial charge in [-0.15, -0.1) is 0 Å². The molecule has 0 aromatic heterocycles. The maximum atomic E-state index is 13.7. The van der Waals surface area contributed by atoms with Crippen molar-refractivity contribution >= 4 is 27.5 Å². The van der Waals surface area contributed by atoms with Crippen LogP contribution in [-0.2, 0) is 26.2 Å². The zero-order valence-electron chi connectivity index (χ0n) is 20.2. The van der Waals surface area contributed by atoms with Crippen LogP contribution in [0.5, 0.6) is 0 Å². The summed E-state index contributed by atoms with van der Waals surface area (Å²) in [6, 6.07) is 23.5.